The molecule has 15 heavy (non-hydrogen) atoms. The van der Waals surface area contributed by atoms with Crippen molar-refractivity contribution in [3.05, 3.63) is 0 Å². The number of carbonyl (C=O) groups is 1. The molecule has 1 atom stereocenters. The molecule has 1 aliphatic heterocycles. The highest BCUT2D eigenvalue weighted by atomic mass is 19.3. The molecule has 5 heteroatoms. The minimum atomic E-state index is -2.27. The lowest BCUT2D eigenvalue weighted by Crippen LogP contribution is -2.46. The molecule has 1 N–H and O–H groups in total. The summed E-state index contributed by atoms with van der Waals surface area (Å²) in [5.74, 6) is -1.40. The normalized spacial score (nSPS) is 21.9. The number of alkyl halides is 2. The Morgan fingerprint density at radius 2 is 2.00 bits per heavy atom. The fraction of sp³-hybridized carbons (Fsp3) is 0.900. The molecule has 88 valence electrons. The van der Waals surface area contributed by atoms with Crippen molar-refractivity contribution < 1.29 is 18.7 Å². The number of hydrogen-bond donors (Lipinski definition) is 1. The third-order valence-corrected chi connectivity index (χ3v) is 3.04. The summed E-state index contributed by atoms with van der Waals surface area (Å²) >= 11 is 0. The van der Waals surface area contributed by atoms with E-state index in [4.69, 9.17) is 5.11 Å². The Morgan fingerprint density at radius 3 is 2.33 bits per heavy atom. The lowest BCUT2D eigenvalue weighted by atomic mass is 9.96. The summed E-state index contributed by atoms with van der Waals surface area (Å²) < 4.78 is 24.7. The lowest BCUT2D eigenvalue weighted by Gasteiger charge is -2.34. The minimum Gasteiger partial charge on any atom is -0.480 e. The first-order valence-corrected chi connectivity index (χ1v) is 5.31. The number of carboxylic acids is 1. The van der Waals surface area contributed by atoms with Gasteiger partial charge in [0.1, 0.15) is 6.04 Å². The predicted molar refractivity (Wildman–Crippen MR) is 52.0 cm³/mol. The summed E-state index contributed by atoms with van der Waals surface area (Å²) in [6, 6.07) is -0.511. The van der Waals surface area contributed by atoms with Crippen molar-refractivity contribution >= 4 is 5.97 Å². The van der Waals surface area contributed by atoms with Crippen molar-refractivity contribution in [3.8, 4) is 0 Å². The maximum atomic E-state index is 12.4. The summed E-state index contributed by atoms with van der Waals surface area (Å²) in [5, 5.41) is 8.91. The first-order valence-electron chi connectivity index (χ1n) is 5.31. The molecule has 0 bridgehead atoms. The third-order valence-electron chi connectivity index (χ3n) is 3.04. The average Bonchev–Trinajstić information content (AvgIpc) is 2.19. The van der Waals surface area contributed by atoms with Gasteiger partial charge in [-0.3, -0.25) is 9.69 Å². The van der Waals surface area contributed by atoms with Gasteiger partial charge >= 0.3 is 5.97 Å². The van der Waals surface area contributed by atoms with Gasteiger partial charge in [-0.2, -0.15) is 0 Å². The highest BCUT2D eigenvalue weighted by Gasteiger charge is 2.31. The first kappa shape index (κ1) is 12.4. The van der Waals surface area contributed by atoms with Crippen molar-refractivity contribution in [2.45, 2.75) is 38.7 Å². The standard InChI is InChI=1S/C10H17F2NO2/c1-2-8(10(14)15)13-5-3-7(4-6-13)9(11)12/h7-9H,2-6H2,1H3,(H,14,15). The van der Waals surface area contributed by atoms with E-state index in [2.05, 4.69) is 0 Å². The third kappa shape index (κ3) is 3.12. The summed E-state index contributed by atoms with van der Waals surface area (Å²) in [4.78, 5) is 12.6. The molecule has 1 rings (SSSR count). The molecule has 0 aromatic heterocycles. The molecule has 1 heterocycles. The van der Waals surface area contributed by atoms with Crippen molar-refractivity contribution in [1.29, 1.82) is 0 Å². The van der Waals surface area contributed by atoms with E-state index in [0.717, 1.165) is 0 Å². The number of piperidine rings is 1. The molecular weight excluding hydrogens is 204 g/mol. The SMILES string of the molecule is CCC(C(=O)O)N1CCC(C(F)F)CC1. The number of rotatable bonds is 4. The Balaban J connectivity index is 2.45. The van der Waals surface area contributed by atoms with Crippen LogP contribution in [0.5, 0.6) is 0 Å². The molecule has 0 aliphatic carbocycles. The van der Waals surface area contributed by atoms with Crippen LogP contribution in [0.3, 0.4) is 0 Å². The predicted octanol–water partition coefficient (Wildman–Crippen LogP) is 1.83. The van der Waals surface area contributed by atoms with Crippen LogP contribution in [-0.2, 0) is 4.79 Å². The molecule has 0 saturated carbocycles. The van der Waals surface area contributed by atoms with Crippen LogP contribution < -0.4 is 0 Å². The van der Waals surface area contributed by atoms with Crippen LogP contribution in [0.25, 0.3) is 0 Å². The Kier molecular flexibility index (Phi) is 4.45. The van der Waals surface area contributed by atoms with Gasteiger partial charge in [0.2, 0.25) is 6.43 Å². The molecular formula is C10H17F2NO2. The van der Waals surface area contributed by atoms with Crippen LogP contribution in [0.1, 0.15) is 26.2 Å². The van der Waals surface area contributed by atoms with Gasteiger partial charge < -0.3 is 5.11 Å². The van der Waals surface area contributed by atoms with Crippen molar-refractivity contribution in [1.82, 2.24) is 4.90 Å². The van der Waals surface area contributed by atoms with E-state index in [0.29, 0.717) is 32.4 Å². The van der Waals surface area contributed by atoms with Crippen molar-refractivity contribution in [3.63, 3.8) is 0 Å². The molecule has 1 unspecified atom stereocenters. The molecule has 1 fully saturated rings. The smallest absolute Gasteiger partial charge is 0.320 e. The Morgan fingerprint density at radius 1 is 1.47 bits per heavy atom. The Labute approximate surface area is 88.1 Å². The van der Waals surface area contributed by atoms with E-state index in [1.54, 1.807) is 11.8 Å². The molecule has 1 saturated heterocycles. The Hall–Kier alpha value is -0.710. The summed E-state index contributed by atoms with van der Waals surface area (Å²) in [6.45, 7) is 2.75. The second kappa shape index (κ2) is 5.39. The highest BCUT2D eigenvalue weighted by molar-refractivity contribution is 5.73. The average molecular weight is 221 g/mol. The van der Waals surface area contributed by atoms with Crippen molar-refractivity contribution in [2.24, 2.45) is 5.92 Å². The minimum absolute atomic E-state index is 0.404. The number of likely N-dealkylation sites (tertiary alicyclic amines) is 1. The number of carboxylic acid groups (broad SMARTS) is 1. The summed E-state index contributed by atoms with van der Waals surface area (Å²) in [6.07, 6.45) is -0.936. The van der Waals surface area contributed by atoms with Crippen molar-refractivity contribution in [2.75, 3.05) is 13.1 Å². The second-order valence-electron chi connectivity index (χ2n) is 3.97. The fourth-order valence-electron chi connectivity index (χ4n) is 2.07. The second-order valence-corrected chi connectivity index (χ2v) is 3.97. The van der Waals surface area contributed by atoms with Crippen LogP contribution in [-0.4, -0.2) is 41.5 Å². The highest BCUT2D eigenvalue weighted by Crippen LogP contribution is 2.25. The summed E-state index contributed by atoms with van der Waals surface area (Å²) in [5.41, 5.74) is 0. The topological polar surface area (TPSA) is 40.5 Å². The van der Waals surface area contributed by atoms with Crippen LogP contribution in [0.2, 0.25) is 0 Å². The van der Waals surface area contributed by atoms with Gasteiger partial charge in [-0.1, -0.05) is 6.92 Å². The van der Waals surface area contributed by atoms with E-state index < -0.39 is 24.4 Å². The Bertz CT molecular complexity index is 215. The van der Waals surface area contributed by atoms with E-state index in [-0.39, 0.29) is 0 Å². The molecule has 1 aliphatic rings. The van der Waals surface area contributed by atoms with E-state index in [1.807, 2.05) is 0 Å². The zero-order chi connectivity index (χ0) is 11.4. The van der Waals surface area contributed by atoms with Gasteiger partial charge in [-0.25, -0.2) is 8.78 Å². The molecule has 0 aromatic carbocycles. The molecule has 0 radical (unpaired) electrons. The number of hydrogen-bond acceptors (Lipinski definition) is 2. The maximum Gasteiger partial charge on any atom is 0.320 e. The quantitative estimate of drug-likeness (QED) is 0.787. The fourth-order valence-corrected chi connectivity index (χ4v) is 2.07. The van der Waals surface area contributed by atoms with Crippen LogP contribution in [0.4, 0.5) is 8.78 Å². The van der Waals surface area contributed by atoms with E-state index in [9.17, 15) is 13.6 Å². The van der Waals surface area contributed by atoms with Gasteiger partial charge in [0, 0.05) is 5.92 Å². The monoisotopic (exact) mass is 221 g/mol. The molecule has 0 amide bonds. The number of aliphatic carboxylic acids is 1. The number of nitrogens with zero attached hydrogens (tertiary/aromatic N) is 1. The van der Waals surface area contributed by atoms with Gasteiger partial charge in [0.15, 0.2) is 0 Å². The van der Waals surface area contributed by atoms with E-state index in [1.165, 1.54) is 0 Å². The zero-order valence-electron chi connectivity index (χ0n) is 8.83. The van der Waals surface area contributed by atoms with Gasteiger partial charge in [0.05, 0.1) is 0 Å². The number of halogens is 2. The van der Waals surface area contributed by atoms with Gasteiger partial charge in [-0.05, 0) is 32.4 Å². The van der Waals surface area contributed by atoms with Gasteiger partial charge in [0.25, 0.3) is 0 Å². The van der Waals surface area contributed by atoms with Gasteiger partial charge in [-0.15, -0.1) is 0 Å². The zero-order valence-corrected chi connectivity index (χ0v) is 8.83. The largest absolute Gasteiger partial charge is 0.480 e. The van der Waals surface area contributed by atoms with E-state index >= 15 is 0 Å². The molecule has 0 spiro atoms. The first-order chi connectivity index (χ1) is 7.06. The lowest BCUT2D eigenvalue weighted by molar-refractivity contribution is -0.144. The maximum absolute atomic E-state index is 12.4. The molecule has 0 aromatic rings. The van der Waals surface area contributed by atoms with Crippen LogP contribution in [0.15, 0.2) is 0 Å². The molecule has 3 nitrogen and oxygen atoms in total. The van der Waals surface area contributed by atoms with Crippen LogP contribution >= 0.6 is 0 Å². The van der Waals surface area contributed by atoms with Crippen LogP contribution in [0, 0.1) is 5.92 Å². The summed E-state index contributed by atoms with van der Waals surface area (Å²) in [7, 11) is 0.